The number of methoxy groups -OCH3 is 2. The van der Waals surface area contributed by atoms with Gasteiger partial charge in [0.2, 0.25) is 0 Å². The van der Waals surface area contributed by atoms with Crippen LogP contribution in [0, 0.1) is 0 Å². The summed E-state index contributed by atoms with van der Waals surface area (Å²) in [5.74, 6) is 0.729. The molecule has 1 atom stereocenters. The van der Waals surface area contributed by atoms with E-state index in [1.165, 1.54) is 0 Å². The quantitative estimate of drug-likeness (QED) is 0.814. The lowest BCUT2D eigenvalue weighted by atomic mass is 9.95. The molecular formula is C18H22O4. The molecule has 0 radical (unpaired) electrons. The van der Waals surface area contributed by atoms with E-state index in [0.29, 0.717) is 6.61 Å². The Hall–Kier alpha value is -1.88. The maximum Gasteiger partial charge on any atom is 0.139 e. The Kier molecular flexibility index (Phi) is 5.95. The van der Waals surface area contributed by atoms with Crippen LogP contribution in [0.3, 0.4) is 0 Å². The van der Waals surface area contributed by atoms with Gasteiger partial charge >= 0.3 is 0 Å². The molecule has 1 N–H and O–H groups in total. The average Bonchev–Trinajstić information content (AvgIpc) is 2.59. The second-order valence-corrected chi connectivity index (χ2v) is 5.09. The minimum atomic E-state index is -0.874. The van der Waals surface area contributed by atoms with Gasteiger partial charge in [0.1, 0.15) is 18.0 Å². The Morgan fingerprint density at radius 2 is 1.77 bits per heavy atom. The first-order chi connectivity index (χ1) is 10.7. The molecule has 0 aliphatic carbocycles. The normalized spacial score (nSPS) is 13.6. The molecule has 2 aromatic carbocycles. The van der Waals surface area contributed by atoms with Crippen LogP contribution in [0.2, 0.25) is 0 Å². The number of hydrogen-bond donors (Lipinski definition) is 1. The number of aliphatic hydroxyl groups is 1. The van der Waals surface area contributed by atoms with Crippen molar-refractivity contribution in [3.05, 3.63) is 65.7 Å². The van der Waals surface area contributed by atoms with E-state index in [1.807, 2.05) is 54.6 Å². The van der Waals surface area contributed by atoms with E-state index in [9.17, 15) is 5.11 Å². The maximum atomic E-state index is 9.71. The van der Waals surface area contributed by atoms with E-state index < -0.39 is 5.60 Å². The van der Waals surface area contributed by atoms with E-state index in [1.54, 1.807) is 14.2 Å². The third-order valence-electron chi connectivity index (χ3n) is 3.63. The van der Waals surface area contributed by atoms with Crippen LogP contribution < -0.4 is 4.74 Å². The Bertz CT molecular complexity index is 564. The molecule has 1 unspecified atom stereocenters. The van der Waals surface area contributed by atoms with Crippen LogP contribution >= 0.6 is 0 Å². The summed E-state index contributed by atoms with van der Waals surface area (Å²) in [7, 11) is 3.14. The molecule has 0 aliphatic rings. The minimum Gasteiger partial charge on any atom is -0.489 e. The summed E-state index contributed by atoms with van der Waals surface area (Å²) in [6.45, 7) is 0.593. The van der Waals surface area contributed by atoms with Crippen molar-refractivity contribution >= 4 is 0 Å². The first kappa shape index (κ1) is 16.5. The van der Waals surface area contributed by atoms with E-state index in [-0.39, 0.29) is 13.2 Å². The standard InChI is InChI=1S/C18H22O4/c1-20-14-18(13-19,21-2)16-9-6-10-17(11-16)22-12-15-7-4-3-5-8-15/h3-11,19H,12-14H2,1-2H3. The van der Waals surface area contributed by atoms with Crippen LogP contribution in [0.5, 0.6) is 5.75 Å². The van der Waals surface area contributed by atoms with Crippen molar-refractivity contribution in [3.8, 4) is 5.75 Å². The molecule has 4 nitrogen and oxygen atoms in total. The van der Waals surface area contributed by atoms with Gasteiger partial charge in [0, 0.05) is 14.2 Å². The summed E-state index contributed by atoms with van der Waals surface area (Å²) in [6, 6.07) is 17.5. The largest absolute Gasteiger partial charge is 0.489 e. The fourth-order valence-corrected chi connectivity index (χ4v) is 2.30. The summed E-state index contributed by atoms with van der Waals surface area (Å²) in [4.78, 5) is 0. The first-order valence-electron chi connectivity index (χ1n) is 7.16. The summed E-state index contributed by atoms with van der Waals surface area (Å²) < 4.78 is 16.5. The predicted octanol–water partition coefficient (Wildman–Crippen LogP) is 2.75. The van der Waals surface area contributed by atoms with Gasteiger partial charge in [-0.15, -0.1) is 0 Å². The molecule has 0 bridgehead atoms. The molecule has 2 rings (SSSR count). The molecule has 0 aliphatic heterocycles. The second-order valence-electron chi connectivity index (χ2n) is 5.09. The fourth-order valence-electron chi connectivity index (χ4n) is 2.30. The smallest absolute Gasteiger partial charge is 0.139 e. The van der Waals surface area contributed by atoms with Crippen LogP contribution in [0.25, 0.3) is 0 Å². The van der Waals surface area contributed by atoms with Crippen molar-refractivity contribution in [2.24, 2.45) is 0 Å². The number of benzene rings is 2. The molecule has 118 valence electrons. The molecule has 0 amide bonds. The number of aliphatic hydroxyl groups excluding tert-OH is 1. The molecule has 0 saturated carbocycles. The monoisotopic (exact) mass is 302 g/mol. The average molecular weight is 302 g/mol. The summed E-state index contributed by atoms with van der Waals surface area (Å²) in [5.41, 5.74) is 1.05. The highest BCUT2D eigenvalue weighted by atomic mass is 16.5. The summed E-state index contributed by atoms with van der Waals surface area (Å²) >= 11 is 0. The number of rotatable bonds is 8. The van der Waals surface area contributed by atoms with Crippen LogP contribution in [-0.4, -0.2) is 32.5 Å². The van der Waals surface area contributed by atoms with Crippen LogP contribution in [-0.2, 0) is 21.7 Å². The van der Waals surface area contributed by atoms with Crippen molar-refractivity contribution in [3.63, 3.8) is 0 Å². The third-order valence-corrected chi connectivity index (χ3v) is 3.63. The van der Waals surface area contributed by atoms with Crippen molar-refractivity contribution in [1.29, 1.82) is 0 Å². The molecule has 0 fully saturated rings. The van der Waals surface area contributed by atoms with Gasteiger partial charge in [-0.2, -0.15) is 0 Å². The Labute approximate surface area is 131 Å². The van der Waals surface area contributed by atoms with Crippen molar-refractivity contribution in [2.75, 3.05) is 27.4 Å². The zero-order chi connectivity index (χ0) is 15.8. The van der Waals surface area contributed by atoms with Crippen molar-refractivity contribution in [1.82, 2.24) is 0 Å². The highest BCUT2D eigenvalue weighted by Crippen LogP contribution is 2.28. The van der Waals surface area contributed by atoms with Gasteiger partial charge in [-0.05, 0) is 23.3 Å². The molecule has 0 saturated heterocycles. The molecule has 0 heterocycles. The lowest BCUT2D eigenvalue weighted by Crippen LogP contribution is -2.37. The molecular weight excluding hydrogens is 280 g/mol. The Morgan fingerprint density at radius 3 is 2.41 bits per heavy atom. The molecule has 2 aromatic rings. The lowest BCUT2D eigenvalue weighted by Gasteiger charge is -2.30. The molecule has 0 spiro atoms. The number of ether oxygens (including phenoxy) is 3. The maximum absolute atomic E-state index is 9.71. The topological polar surface area (TPSA) is 47.9 Å². The summed E-state index contributed by atoms with van der Waals surface area (Å²) in [6.07, 6.45) is 0. The molecule has 0 aromatic heterocycles. The highest BCUT2D eigenvalue weighted by molar-refractivity contribution is 5.33. The first-order valence-corrected chi connectivity index (χ1v) is 7.16. The van der Waals surface area contributed by atoms with E-state index in [2.05, 4.69) is 0 Å². The van der Waals surface area contributed by atoms with Gasteiger partial charge in [-0.1, -0.05) is 42.5 Å². The van der Waals surface area contributed by atoms with E-state index in [4.69, 9.17) is 14.2 Å². The SMILES string of the molecule is COCC(CO)(OC)c1cccc(OCc2ccccc2)c1. The fraction of sp³-hybridized carbons (Fsp3) is 0.333. The lowest BCUT2D eigenvalue weighted by molar-refractivity contribution is -0.100. The van der Waals surface area contributed by atoms with Gasteiger partial charge in [-0.25, -0.2) is 0 Å². The van der Waals surface area contributed by atoms with Crippen LogP contribution in [0.15, 0.2) is 54.6 Å². The Morgan fingerprint density at radius 1 is 1.00 bits per heavy atom. The van der Waals surface area contributed by atoms with Crippen molar-refractivity contribution < 1.29 is 19.3 Å². The van der Waals surface area contributed by atoms with E-state index >= 15 is 0 Å². The van der Waals surface area contributed by atoms with Gasteiger partial charge in [0.05, 0.1) is 13.2 Å². The zero-order valence-electron chi connectivity index (χ0n) is 13.0. The molecule has 4 heteroatoms. The highest BCUT2D eigenvalue weighted by Gasteiger charge is 2.32. The van der Waals surface area contributed by atoms with Gasteiger partial charge in [-0.3, -0.25) is 0 Å². The predicted molar refractivity (Wildman–Crippen MR) is 84.9 cm³/mol. The molecule has 22 heavy (non-hydrogen) atoms. The second kappa shape index (κ2) is 7.94. The van der Waals surface area contributed by atoms with E-state index in [0.717, 1.165) is 16.9 Å². The van der Waals surface area contributed by atoms with Crippen LogP contribution in [0.1, 0.15) is 11.1 Å². The summed E-state index contributed by atoms with van der Waals surface area (Å²) in [5, 5.41) is 9.71. The Balaban J connectivity index is 2.15. The van der Waals surface area contributed by atoms with Crippen molar-refractivity contribution in [2.45, 2.75) is 12.2 Å². The van der Waals surface area contributed by atoms with Gasteiger partial charge < -0.3 is 19.3 Å². The van der Waals surface area contributed by atoms with Gasteiger partial charge in [0.15, 0.2) is 0 Å². The number of hydrogen-bond acceptors (Lipinski definition) is 4. The zero-order valence-corrected chi connectivity index (χ0v) is 13.0. The van der Waals surface area contributed by atoms with Gasteiger partial charge in [0.25, 0.3) is 0 Å². The third kappa shape index (κ3) is 3.85. The van der Waals surface area contributed by atoms with Crippen LogP contribution in [0.4, 0.5) is 0 Å². The minimum absolute atomic E-state index is 0.167.